The minimum Gasteiger partial charge on any atom is -0.466 e. The first-order valence-electron chi connectivity index (χ1n) is 8.17. The first-order valence-corrected chi connectivity index (χ1v) is 8.17. The van der Waals surface area contributed by atoms with Crippen LogP contribution in [0, 0.1) is 0 Å². The molecule has 3 N–H and O–H groups in total. The zero-order valence-corrected chi connectivity index (χ0v) is 14.6. The molecular weight excluding hydrogens is 347 g/mol. The first-order chi connectivity index (χ1) is 12.2. The second-order valence-electron chi connectivity index (χ2n) is 6.00. The van der Waals surface area contributed by atoms with E-state index in [0.29, 0.717) is 23.8 Å². The molecule has 0 radical (unpaired) electrons. The lowest BCUT2D eigenvalue weighted by molar-refractivity contribution is -0.137. The van der Waals surface area contributed by atoms with Crippen molar-refractivity contribution in [3.05, 3.63) is 59.5 Å². The van der Waals surface area contributed by atoms with Crippen LogP contribution in [-0.2, 0) is 18.3 Å². The van der Waals surface area contributed by atoms with Gasteiger partial charge in [-0.1, -0.05) is 12.1 Å². The number of nitrogens with one attached hydrogen (secondary N) is 2. The molecule has 1 unspecified atom stereocenters. The van der Waals surface area contributed by atoms with Gasteiger partial charge in [0.25, 0.3) is 0 Å². The Morgan fingerprint density at radius 2 is 1.96 bits per heavy atom. The monoisotopic (exact) mass is 369 g/mol. The van der Waals surface area contributed by atoms with Crippen molar-refractivity contribution in [1.82, 2.24) is 10.6 Å². The number of nitrogens with zero attached hydrogens (tertiary/aromatic N) is 1. The standard InChI is InChI=1S/C18H22F3N3O2/c1-3-22-16(24-12-17(2,25)15-8-5-9-26-15)23-11-13-6-4-7-14(10-13)18(19,20)21/h4-10,25H,3,11-12H2,1-2H3,(H2,22,23,24). The Labute approximate surface area is 149 Å². The molecule has 0 amide bonds. The van der Waals surface area contributed by atoms with Gasteiger partial charge < -0.3 is 20.2 Å². The van der Waals surface area contributed by atoms with Crippen molar-refractivity contribution in [2.45, 2.75) is 32.2 Å². The molecule has 142 valence electrons. The molecule has 1 atom stereocenters. The third-order valence-electron chi connectivity index (χ3n) is 3.67. The van der Waals surface area contributed by atoms with E-state index in [2.05, 4.69) is 15.6 Å². The van der Waals surface area contributed by atoms with Crippen LogP contribution < -0.4 is 10.6 Å². The zero-order chi connectivity index (χ0) is 19.2. The lowest BCUT2D eigenvalue weighted by Gasteiger charge is -2.22. The molecular formula is C18H22F3N3O2. The van der Waals surface area contributed by atoms with Crippen LogP contribution in [-0.4, -0.2) is 24.2 Å². The molecule has 0 spiro atoms. The number of hydrogen-bond acceptors (Lipinski definition) is 3. The lowest BCUT2D eigenvalue weighted by Crippen LogP contribution is -2.44. The molecule has 0 saturated heterocycles. The summed E-state index contributed by atoms with van der Waals surface area (Å²) in [5, 5.41) is 16.4. The zero-order valence-electron chi connectivity index (χ0n) is 14.6. The van der Waals surface area contributed by atoms with Crippen LogP contribution in [0.5, 0.6) is 0 Å². The predicted molar refractivity (Wildman–Crippen MR) is 92.5 cm³/mol. The number of aliphatic hydroxyl groups is 1. The number of rotatable bonds is 6. The highest BCUT2D eigenvalue weighted by Crippen LogP contribution is 2.29. The molecule has 2 aromatic rings. The van der Waals surface area contributed by atoms with Crippen molar-refractivity contribution in [3.63, 3.8) is 0 Å². The van der Waals surface area contributed by atoms with Crippen molar-refractivity contribution >= 4 is 5.96 Å². The van der Waals surface area contributed by atoms with Gasteiger partial charge in [0.1, 0.15) is 11.4 Å². The highest BCUT2D eigenvalue weighted by Gasteiger charge is 2.30. The van der Waals surface area contributed by atoms with Crippen molar-refractivity contribution in [3.8, 4) is 0 Å². The molecule has 5 nitrogen and oxygen atoms in total. The van der Waals surface area contributed by atoms with E-state index in [1.165, 1.54) is 12.3 Å². The van der Waals surface area contributed by atoms with E-state index in [0.717, 1.165) is 12.1 Å². The van der Waals surface area contributed by atoms with Crippen molar-refractivity contribution < 1.29 is 22.7 Å². The van der Waals surface area contributed by atoms with Crippen LogP contribution in [0.3, 0.4) is 0 Å². The van der Waals surface area contributed by atoms with E-state index in [1.807, 2.05) is 6.92 Å². The van der Waals surface area contributed by atoms with E-state index in [9.17, 15) is 18.3 Å². The molecule has 0 saturated carbocycles. The van der Waals surface area contributed by atoms with Crippen molar-refractivity contribution in [2.75, 3.05) is 13.1 Å². The summed E-state index contributed by atoms with van der Waals surface area (Å²) in [4.78, 5) is 4.28. The quantitative estimate of drug-likeness (QED) is 0.540. The van der Waals surface area contributed by atoms with Crippen molar-refractivity contribution in [1.29, 1.82) is 0 Å². The van der Waals surface area contributed by atoms with Crippen LogP contribution in [0.25, 0.3) is 0 Å². The number of furan rings is 1. The third kappa shape index (κ3) is 5.52. The summed E-state index contributed by atoms with van der Waals surface area (Å²) in [6.07, 6.45) is -2.92. The van der Waals surface area contributed by atoms with Gasteiger partial charge in [0, 0.05) is 6.54 Å². The van der Waals surface area contributed by atoms with Crippen LogP contribution in [0.4, 0.5) is 13.2 Å². The van der Waals surface area contributed by atoms with Gasteiger partial charge in [-0.3, -0.25) is 0 Å². The normalized spacial score (nSPS) is 14.8. The average molecular weight is 369 g/mol. The highest BCUT2D eigenvalue weighted by atomic mass is 19.4. The number of aliphatic imine (C=N–C) groups is 1. The molecule has 0 bridgehead atoms. The molecule has 2 rings (SSSR count). The minimum absolute atomic E-state index is 0.0716. The largest absolute Gasteiger partial charge is 0.466 e. The SMILES string of the molecule is CCNC(=NCc1cccc(C(F)(F)F)c1)NCC(C)(O)c1ccco1. The fraction of sp³-hybridized carbons (Fsp3) is 0.389. The second-order valence-corrected chi connectivity index (χ2v) is 6.00. The molecule has 1 aromatic heterocycles. The summed E-state index contributed by atoms with van der Waals surface area (Å²) in [6, 6.07) is 8.38. The van der Waals surface area contributed by atoms with Crippen molar-refractivity contribution in [2.24, 2.45) is 4.99 Å². The fourth-order valence-corrected chi connectivity index (χ4v) is 2.29. The molecule has 0 aliphatic heterocycles. The third-order valence-corrected chi connectivity index (χ3v) is 3.67. The first kappa shape index (κ1) is 19.8. The van der Waals surface area contributed by atoms with Crippen LogP contribution >= 0.6 is 0 Å². The van der Waals surface area contributed by atoms with Crippen LogP contribution in [0.15, 0.2) is 52.1 Å². The Kier molecular flexibility index (Phi) is 6.31. The topological polar surface area (TPSA) is 69.8 Å². The summed E-state index contributed by atoms with van der Waals surface area (Å²) in [5.74, 6) is 0.787. The molecule has 1 aromatic carbocycles. The van der Waals surface area contributed by atoms with Gasteiger partial charge in [-0.25, -0.2) is 4.99 Å². The smallest absolute Gasteiger partial charge is 0.416 e. The number of hydrogen-bond donors (Lipinski definition) is 3. The lowest BCUT2D eigenvalue weighted by atomic mass is 10.0. The Bertz CT molecular complexity index is 726. The molecule has 1 heterocycles. The summed E-state index contributed by atoms with van der Waals surface area (Å²) < 4.78 is 43.5. The number of halogens is 3. The molecule has 26 heavy (non-hydrogen) atoms. The van der Waals surface area contributed by atoms with E-state index in [4.69, 9.17) is 4.42 Å². The summed E-state index contributed by atoms with van der Waals surface area (Å²) in [7, 11) is 0. The fourth-order valence-electron chi connectivity index (χ4n) is 2.29. The summed E-state index contributed by atoms with van der Waals surface area (Å²) in [6.45, 7) is 4.22. The van der Waals surface area contributed by atoms with Gasteiger partial charge >= 0.3 is 6.18 Å². The minimum atomic E-state index is -4.38. The maximum Gasteiger partial charge on any atom is 0.416 e. The summed E-state index contributed by atoms with van der Waals surface area (Å²) >= 11 is 0. The molecule has 8 heteroatoms. The predicted octanol–water partition coefficient (Wildman–Crippen LogP) is 3.26. The molecule has 0 aliphatic carbocycles. The number of alkyl halides is 3. The number of guanidine groups is 1. The van der Waals surface area contributed by atoms with Crippen LogP contribution in [0.1, 0.15) is 30.7 Å². The number of benzene rings is 1. The molecule has 0 fully saturated rings. The average Bonchev–Trinajstić information content (AvgIpc) is 3.12. The Morgan fingerprint density at radius 1 is 1.19 bits per heavy atom. The second kappa shape index (κ2) is 8.27. The summed E-state index contributed by atoms with van der Waals surface area (Å²) in [5.41, 5.74) is -1.52. The molecule has 0 aliphatic rings. The van der Waals surface area contributed by atoms with Gasteiger partial charge in [0.2, 0.25) is 0 Å². The Morgan fingerprint density at radius 3 is 2.58 bits per heavy atom. The van der Waals surface area contributed by atoms with Gasteiger partial charge in [-0.05, 0) is 43.7 Å². The van der Waals surface area contributed by atoms with Gasteiger partial charge in [-0.15, -0.1) is 0 Å². The Hall–Kier alpha value is -2.48. The maximum absolute atomic E-state index is 12.8. The van der Waals surface area contributed by atoms with Gasteiger partial charge in [0.05, 0.1) is 24.9 Å². The Balaban J connectivity index is 2.05. The van der Waals surface area contributed by atoms with Crippen LogP contribution in [0.2, 0.25) is 0 Å². The maximum atomic E-state index is 12.8. The highest BCUT2D eigenvalue weighted by molar-refractivity contribution is 5.79. The van der Waals surface area contributed by atoms with E-state index in [1.54, 1.807) is 25.1 Å². The van der Waals surface area contributed by atoms with Gasteiger partial charge in [-0.2, -0.15) is 13.2 Å². The van der Waals surface area contributed by atoms with Gasteiger partial charge in [0.15, 0.2) is 5.96 Å². The van der Waals surface area contributed by atoms with E-state index >= 15 is 0 Å². The van der Waals surface area contributed by atoms with E-state index < -0.39 is 17.3 Å². The van der Waals surface area contributed by atoms with E-state index in [-0.39, 0.29) is 13.1 Å².